The number of phenolic OH excluding ortho intramolecular Hbond substituents is 1. The van der Waals surface area contributed by atoms with Crippen molar-refractivity contribution in [3.63, 3.8) is 0 Å². The second-order valence-electron chi connectivity index (χ2n) is 9.94. The van der Waals surface area contributed by atoms with E-state index in [2.05, 4.69) is 0 Å². The first-order valence-corrected chi connectivity index (χ1v) is 13.6. The predicted molar refractivity (Wildman–Crippen MR) is 146 cm³/mol. The molecular weight excluding hydrogens is 584 g/mol. The van der Waals surface area contributed by atoms with Gasteiger partial charge in [-0.1, -0.05) is 6.07 Å². The van der Waals surface area contributed by atoms with Crippen molar-refractivity contribution < 1.29 is 67.0 Å². The number of carbonyl (C=O) groups excluding carboxylic acids is 5. The van der Waals surface area contributed by atoms with E-state index < -0.39 is 72.7 Å². The van der Waals surface area contributed by atoms with E-state index in [0.29, 0.717) is 30.3 Å². The van der Waals surface area contributed by atoms with Crippen molar-refractivity contribution >= 4 is 29.7 Å². The molecule has 0 bridgehead atoms. The molecule has 2 aromatic rings. The standard InChI is InChI=1S/C30H32O14/c1-15(31)39-14-26-27(40-16(2)32)28(41-17(3)33)29(42-18(4)34)30(44-26)43-20-6-7-21(23(36)13-20)22(35)11-19-5-8-24-25(12-19)38-10-9-37-24/h5-8,12-13,26-30,36H,9-11,14H2,1-4H3/t26-,27-,28+,29-,30+/m0/s1. The van der Waals surface area contributed by atoms with Crippen LogP contribution in [0.4, 0.5) is 0 Å². The molecule has 14 nitrogen and oxygen atoms in total. The Hall–Kier alpha value is -4.85. The molecule has 0 amide bonds. The Kier molecular flexibility index (Phi) is 10.3. The summed E-state index contributed by atoms with van der Waals surface area (Å²) < 4.78 is 44.0. The Balaban J connectivity index is 1.57. The minimum absolute atomic E-state index is 0.00813. The van der Waals surface area contributed by atoms with Gasteiger partial charge in [-0.25, -0.2) is 0 Å². The molecule has 0 saturated carbocycles. The largest absolute Gasteiger partial charge is 0.507 e. The molecule has 2 aromatic carbocycles. The second-order valence-corrected chi connectivity index (χ2v) is 9.94. The fourth-order valence-electron chi connectivity index (χ4n) is 4.72. The third-order valence-electron chi connectivity index (χ3n) is 6.44. The maximum atomic E-state index is 13.0. The van der Waals surface area contributed by atoms with Gasteiger partial charge in [-0.2, -0.15) is 0 Å². The number of esters is 4. The third-order valence-corrected chi connectivity index (χ3v) is 6.44. The van der Waals surface area contributed by atoms with Crippen molar-refractivity contribution in [2.75, 3.05) is 19.8 Å². The topological polar surface area (TPSA) is 179 Å². The molecule has 14 heteroatoms. The van der Waals surface area contributed by atoms with Crippen LogP contribution < -0.4 is 14.2 Å². The van der Waals surface area contributed by atoms with Crippen LogP contribution in [0.2, 0.25) is 0 Å². The summed E-state index contributed by atoms with van der Waals surface area (Å²) in [5, 5.41) is 10.7. The summed E-state index contributed by atoms with van der Waals surface area (Å²) in [6, 6.07) is 9.02. The summed E-state index contributed by atoms with van der Waals surface area (Å²) in [5.74, 6) is -2.74. The Morgan fingerprint density at radius 2 is 1.41 bits per heavy atom. The molecule has 4 rings (SSSR count). The van der Waals surface area contributed by atoms with Crippen LogP contribution in [0.5, 0.6) is 23.0 Å². The summed E-state index contributed by atoms with van der Waals surface area (Å²) in [7, 11) is 0. The van der Waals surface area contributed by atoms with Gasteiger partial charge in [-0.15, -0.1) is 0 Å². The average Bonchev–Trinajstić information content (AvgIpc) is 2.94. The zero-order valence-electron chi connectivity index (χ0n) is 24.4. The molecule has 5 atom stereocenters. The number of hydrogen-bond donors (Lipinski definition) is 1. The number of ether oxygens (including phenoxy) is 8. The second kappa shape index (κ2) is 14.1. The van der Waals surface area contributed by atoms with Crippen molar-refractivity contribution in [2.24, 2.45) is 0 Å². The quantitative estimate of drug-likeness (QED) is 0.233. The number of aromatic hydroxyl groups is 1. The van der Waals surface area contributed by atoms with Crippen LogP contribution in [0.25, 0.3) is 0 Å². The lowest BCUT2D eigenvalue weighted by molar-refractivity contribution is -0.288. The minimum atomic E-state index is -1.51. The van der Waals surface area contributed by atoms with Crippen LogP contribution in [0.3, 0.4) is 0 Å². The lowest BCUT2D eigenvalue weighted by Gasteiger charge is -2.43. The number of ketones is 1. The van der Waals surface area contributed by atoms with Gasteiger partial charge < -0.3 is 43.0 Å². The van der Waals surface area contributed by atoms with Gasteiger partial charge in [-0.3, -0.25) is 24.0 Å². The normalized spacial score (nSPS) is 22.2. The van der Waals surface area contributed by atoms with Gasteiger partial charge in [0.05, 0.1) is 5.56 Å². The van der Waals surface area contributed by atoms with Crippen LogP contribution in [0.1, 0.15) is 43.6 Å². The van der Waals surface area contributed by atoms with E-state index in [1.165, 1.54) is 12.1 Å². The number of carbonyl (C=O) groups is 5. The Morgan fingerprint density at radius 1 is 0.773 bits per heavy atom. The third kappa shape index (κ3) is 8.16. The number of Topliss-reactive ketones (excluding diaryl/α,β-unsaturated/α-hetero) is 1. The first-order chi connectivity index (χ1) is 20.9. The van der Waals surface area contributed by atoms with E-state index in [9.17, 15) is 29.1 Å². The van der Waals surface area contributed by atoms with Crippen molar-refractivity contribution in [3.05, 3.63) is 47.5 Å². The molecule has 2 heterocycles. The smallest absolute Gasteiger partial charge is 0.303 e. The Bertz CT molecular complexity index is 1420. The minimum Gasteiger partial charge on any atom is -0.507 e. The molecular formula is C30H32O14. The fraction of sp³-hybridized carbons (Fsp3) is 0.433. The first kappa shape index (κ1) is 32.1. The number of hydrogen-bond acceptors (Lipinski definition) is 14. The highest BCUT2D eigenvalue weighted by Gasteiger charge is 2.53. The van der Waals surface area contributed by atoms with E-state index >= 15 is 0 Å². The van der Waals surface area contributed by atoms with Crippen molar-refractivity contribution in [2.45, 2.75) is 64.8 Å². The maximum Gasteiger partial charge on any atom is 0.303 e. The molecule has 0 aromatic heterocycles. The molecule has 2 aliphatic rings. The number of fused-ring (bicyclic) bond motifs is 1. The summed E-state index contributed by atoms with van der Waals surface area (Å²) in [6.07, 6.45) is -7.01. The monoisotopic (exact) mass is 616 g/mol. The van der Waals surface area contributed by atoms with Gasteiger partial charge in [0.25, 0.3) is 0 Å². The fourth-order valence-corrected chi connectivity index (χ4v) is 4.72. The van der Waals surface area contributed by atoms with Crippen molar-refractivity contribution in [3.8, 4) is 23.0 Å². The SMILES string of the molecule is CC(=O)OC[C@@H]1O[C@@H](Oc2ccc(C(=O)Cc3ccc4c(c3)OCCO4)c(O)c2)[C@@H](OC(C)=O)[C@H](OC(C)=O)[C@H]1OC(C)=O. The highest BCUT2D eigenvalue weighted by Crippen LogP contribution is 2.34. The Morgan fingerprint density at radius 3 is 2.05 bits per heavy atom. The zero-order chi connectivity index (χ0) is 32.0. The van der Waals surface area contributed by atoms with Crippen LogP contribution in [0, 0.1) is 0 Å². The summed E-state index contributed by atoms with van der Waals surface area (Å²) in [4.78, 5) is 60.5. The van der Waals surface area contributed by atoms with Gasteiger partial charge in [0, 0.05) is 40.2 Å². The lowest BCUT2D eigenvalue weighted by Crippen LogP contribution is -2.63. The van der Waals surface area contributed by atoms with E-state index in [-0.39, 0.29) is 17.7 Å². The average molecular weight is 617 g/mol. The first-order valence-electron chi connectivity index (χ1n) is 13.6. The van der Waals surface area contributed by atoms with Gasteiger partial charge in [0.1, 0.15) is 37.4 Å². The molecule has 1 fully saturated rings. The molecule has 44 heavy (non-hydrogen) atoms. The summed E-state index contributed by atoms with van der Waals surface area (Å²) >= 11 is 0. The van der Waals surface area contributed by atoms with Crippen LogP contribution in [0.15, 0.2) is 36.4 Å². The van der Waals surface area contributed by atoms with Crippen molar-refractivity contribution in [1.29, 1.82) is 0 Å². The number of rotatable bonds is 10. The predicted octanol–water partition coefficient (Wildman–Crippen LogP) is 2.05. The Labute approximate surface area is 252 Å². The summed E-state index contributed by atoms with van der Waals surface area (Å²) in [6.45, 7) is 4.86. The van der Waals surface area contributed by atoms with Gasteiger partial charge in [0.15, 0.2) is 29.5 Å². The van der Waals surface area contributed by atoms with Crippen LogP contribution in [-0.4, -0.2) is 85.3 Å². The summed E-state index contributed by atoms with van der Waals surface area (Å²) in [5.41, 5.74) is 0.658. The van der Waals surface area contributed by atoms with Gasteiger partial charge in [0.2, 0.25) is 12.4 Å². The maximum absolute atomic E-state index is 13.0. The van der Waals surface area contributed by atoms with E-state index in [4.69, 9.17) is 37.9 Å². The van der Waals surface area contributed by atoms with E-state index in [1.54, 1.807) is 18.2 Å². The molecule has 1 saturated heterocycles. The van der Waals surface area contributed by atoms with E-state index in [0.717, 1.165) is 33.8 Å². The molecule has 0 spiro atoms. The van der Waals surface area contributed by atoms with E-state index in [1.807, 2.05) is 0 Å². The highest BCUT2D eigenvalue weighted by molar-refractivity contribution is 6.00. The van der Waals surface area contributed by atoms with Gasteiger partial charge >= 0.3 is 23.9 Å². The molecule has 236 valence electrons. The van der Waals surface area contributed by atoms with Crippen molar-refractivity contribution in [1.82, 2.24) is 0 Å². The lowest BCUT2D eigenvalue weighted by atomic mass is 9.98. The number of benzene rings is 2. The van der Waals surface area contributed by atoms with Crippen LogP contribution in [-0.2, 0) is 49.3 Å². The molecule has 0 aliphatic carbocycles. The molecule has 0 unspecified atom stereocenters. The molecule has 1 N–H and O–H groups in total. The van der Waals surface area contributed by atoms with Crippen LogP contribution >= 0.6 is 0 Å². The highest BCUT2D eigenvalue weighted by atomic mass is 16.7. The van der Waals surface area contributed by atoms with Gasteiger partial charge in [-0.05, 0) is 29.8 Å². The zero-order valence-corrected chi connectivity index (χ0v) is 24.4. The molecule has 0 radical (unpaired) electrons. The molecule has 2 aliphatic heterocycles. The number of phenols is 1.